The number of thioether (sulfide) groups is 1. The van der Waals surface area contributed by atoms with Crippen molar-refractivity contribution in [3.8, 4) is 0 Å². The van der Waals surface area contributed by atoms with Gasteiger partial charge in [-0.15, -0.1) is 10.2 Å². The molecule has 0 saturated heterocycles. The molecule has 4 aromatic rings. The van der Waals surface area contributed by atoms with Gasteiger partial charge in [0.2, 0.25) is 5.13 Å². The van der Waals surface area contributed by atoms with Crippen LogP contribution in [0.2, 0.25) is 0 Å². The van der Waals surface area contributed by atoms with E-state index in [2.05, 4.69) is 64.5 Å². The molecule has 3 heterocycles. The lowest BCUT2D eigenvalue weighted by Gasteiger charge is -2.11. The molecule has 0 spiro atoms. The molecule has 0 amide bonds. The first-order valence-corrected chi connectivity index (χ1v) is 12.7. The van der Waals surface area contributed by atoms with Gasteiger partial charge in [0.1, 0.15) is 5.82 Å². The molecule has 0 atom stereocenters. The van der Waals surface area contributed by atoms with E-state index >= 15 is 0 Å². The normalized spacial score (nSPS) is 11.4. The predicted octanol–water partition coefficient (Wildman–Crippen LogP) is 3.98. The van der Waals surface area contributed by atoms with Crippen LogP contribution in [-0.2, 0) is 25.8 Å². The van der Waals surface area contributed by atoms with Gasteiger partial charge in [0.15, 0.2) is 15.5 Å². The average molecular weight is 486 g/mol. The molecule has 33 heavy (non-hydrogen) atoms. The van der Waals surface area contributed by atoms with Crippen molar-refractivity contribution in [2.75, 3.05) is 5.32 Å². The third-order valence-corrected chi connectivity index (χ3v) is 7.51. The zero-order chi connectivity index (χ0) is 23.5. The molecule has 0 aliphatic heterocycles. The highest BCUT2D eigenvalue weighted by Crippen LogP contribution is 2.32. The standard InChI is InChI=1S/C22H27N7O2S2/c1-5-7-11-29-18-17(19(30)25-21(29)31)28(4)15(23-18)12-32-22-27-26-20(33-22)24-16-13(3)9-8-10-14(16)6-2/h8-10H,5-7,11-12H2,1-4H3,(H,24,26)(H,25,30,31). The molecule has 0 saturated carbocycles. The van der Waals surface area contributed by atoms with Gasteiger partial charge in [0, 0.05) is 19.3 Å². The number of nitrogens with zero attached hydrogens (tertiary/aromatic N) is 5. The number of imidazole rings is 1. The van der Waals surface area contributed by atoms with Gasteiger partial charge < -0.3 is 9.88 Å². The Hall–Kier alpha value is -2.92. The van der Waals surface area contributed by atoms with Crippen molar-refractivity contribution in [1.82, 2.24) is 29.3 Å². The largest absolute Gasteiger partial charge is 0.330 e. The van der Waals surface area contributed by atoms with Crippen LogP contribution >= 0.6 is 23.1 Å². The van der Waals surface area contributed by atoms with Crippen LogP contribution in [0.1, 0.15) is 43.6 Å². The molecule has 0 aliphatic carbocycles. The molecule has 4 rings (SSSR count). The topological polar surface area (TPSA) is 110 Å². The Morgan fingerprint density at radius 3 is 2.79 bits per heavy atom. The number of aromatic amines is 1. The third kappa shape index (κ3) is 4.74. The summed E-state index contributed by atoms with van der Waals surface area (Å²) in [5.41, 5.74) is 3.49. The minimum absolute atomic E-state index is 0.410. The number of rotatable bonds is 9. The Morgan fingerprint density at radius 2 is 2.03 bits per heavy atom. The summed E-state index contributed by atoms with van der Waals surface area (Å²) in [4.78, 5) is 31.8. The van der Waals surface area contributed by atoms with E-state index in [1.165, 1.54) is 28.7 Å². The first-order valence-electron chi connectivity index (χ1n) is 10.9. The van der Waals surface area contributed by atoms with Crippen LogP contribution in [0.3, 0.4) is 0 Å². The van der Waals surface area contributed by atoms with Crippen LogP contribution in [-0.4, -0.2) is 29.3 Å². The Kier molecular flexibility index (Phi) is 6.99. The SMILES string of the molecule is CCCCn1c(=O)[nH]c(=O)c2c1nc(CSc1nnc(Nc3c(C)cccc3CC)s1)n2C. The minimum Gasteiger partial charge on any atom is -0.330 e. The van der Waals surface area contributed by atoms with E-state index < -0.39 is 11.2 Å². The lowest BCUT2D eigenvalue weighted by molar-refractivity contribution is 0.613. The summed E-state index contributed by atoms with van der Waals surface area (Å²) in [6.07, 6.45) is 2.71. The number of aryl methyl sites for hydroxylation is 4. The molecule has 0 bridgehead atoms. The molecule has 0 fully saturated rings. The second-order valence-corrected chi connectivity index (χ2v) is 9.97. The monoisotopic (exact) mass is 485 g/mol. The molecule has 0 aliphatic rings. The van der Waals surface area contributed by atoms with E-state index in [-0.39, 0.29) is 0 Å². The molecule has 0 radical (unpaired) electrons. The van der Waals surface area contributed by atoms with Gasteiger partial charge in [0.25, 0.3) is 5.56 Å². The fourth-order valence-corrected chi connectivity index (χ4v) is 5.44. The van der Waals surface area contributed by atoms with Crippen molar-refractivity contribution in [2.45, 2.75) is 56.7 Å². The van der Waals surface area contributed by atoms with Crippen LogP contribution in [0.15, 0.2) is 32.1 Å². The minimum atomic E-state index is -0.416. The fraction of sp³-hybridized carbons (Fsp3) is 0.409. The van der Waals surface area contributed by atoms with Gasteiger partial charge in [0.05, 0.1) is 5.75 Å². The molecular formula is C22H27N7O2S2. The molecule has 0 unspecified atom stereocenters. The van der Waals surface area contributed by atoms with Crippen molar-refractivity contribution in [1.29, 1.82) is 0 Å². The van der Waals surface area contributed by atoms with Crippen molar-refractivity contribution < 1.29 is 0 Å². The number of nitrogens with one attached hydrogen (secondary N) is 2. The average Bonchev–Trinajstić information content (AvgIpc) is 3.37. The molecular weight excluding hydrogens is 458 g/mol. The van der Waals surface area contributed by atoms with E-state index in [0.717, 1.165) is 40.0 Å². The molecule has 9 nitrogen and oxygen atoms in total. The number of aromatic nitrogens is 6. The van der Waals surface area contributed by atoms with Gasteiger partial charge in [-0.05, 0) is 30.9 Å². The second kappa shape index (κ2) is 9.92. The zero-order valence-corrected chi connectivity index (χ0v) is 20.8. The summed E-state index contributed by atoms with van der Waals surface area (Å²) >= 11 is 2.98. The van der Waals surface area contributed by atoms with Gasteiger partial charge in [-0.3, -0.25) is 14.3 Å². The Bertz CT molecular complexity index is 1400. The summed E-state index contributed by atoms with van der Waals surface area (Å²) in [6.45, 7) is 6.79. The number of hydrogen-bond donors (Lipinski definition) is 2. The zero-order valence-electron chi connectivity index (χ0n) is 19.1. The summed E-state index contributed by atoms with van der Waals surface area (Å²) < 4.78 is 4.10. The van der Waals surface area contributed by atoms with Gasteiger partial charge in [-0.1, -0.05) is 61.6 Å². The van der Waals surface area contributed by atoms with Gasteiger partial charge in [-0.2, -0.15) is 0 Å². The van der Waals surface area contributed by atoms with E-state index in [1.54, 1.807) is 16.2 Å². The second-order valence-electron chi connectivity index (χ2n) is 7.77. The smallest absolute Gasteiger partial charge is 0.330 e. The summed E-state index contributed by atoms with van der Waals surface area (Å²) in [7, 11) is 1.80. The van der Waals surface area contributed by atoms with Crippen LogP contribution in [0.4, 0.5) is 10.8 Å². The van der Waals surface area contributed by atoms with Crippen LogP contribution in [0.25, 0.3) is 11.2 Å². The maximum absolute atomic E-state index is 12.4. The number of fused-ring (bicyclic) bond motifs is 1. The highest BCUT2D eigenvalue weighted by atomic mass is 32.2. The van der Waals surface area contributed by atoms with Crippen molar-refractivity contribution >= 4 is 45.1 Å². The van der Waals surface area contributed by atoms with Crippen LogP contribution in [0, 0.1) is 6.92 Å². The lowest BCUT2D eigenvalue weighted by atomic mass is 10.1. The van der Waals surface area contributed by atoms with Gasteiger partial charge >= 0.3 is 5.69 Å². The highest BCUT2D eigenvalue weighted by molar-refractivity contribution is 8.00. The van der Waals surface area contributed by atoms with Crippen molar-refractivity contribution in [2.24, 2.45) is 7.05 Å². The predicted molar refractivity (Wildman–Crippen MR) is 134 cm³/mol. The Labute approximate surface area is 199 Å². The number of unbranched alkanes of at least 4 members (excludes halogenated alkanes) is 1. The summed E-state index contributed by atoms with van der Waals surface area (Å²) in [6, 6.07) is 6.25. The molecule has 11 heteroatoms. The highest BCUT2D eigenvalue weighted by Gasteiger charge is 2.17. The first-order chi connectivity index (χ1) is 15.9. The van der Waals surface area contributed by atoms with E-state index in [4.69, 9.17) is 0 Å². The first kappa shape index (κ1) is 23.2. The Balaban J connectivity index is 1.55. The fourth-order valence-electron chi connectivity index (χ4n) is 3.70. The maximum atomic E-state index is 12.4. The summed E-state index contributed by atoms with van der Waals surface area (Å²) in [5.74, 6) is 1.21. The molecule has 2 N–H and O–H groups in total. The molecule has 1 aromatic carbocycles. The molecule has 174 valence electrons. The number of para-hydroxylation sites is 1. The van der Waals surface area contributed by atoms with Crippen molar-refractivity contribution in [3.63, 3.8) is 0 Å². The number of benzene rings is 1. The number of H-pyrrole nitrogens is 1. The summed E-state index contributed by atoms with van der Waals surface area (Å²) in [5, 5.41) is 12.7. The number of anilines is 2. The molecule has 3 aromatic heterocycles. The van der Waals surface area contributed by atoms with E-state index in [9.17, 15) is 9.59 Å². The van der Waals surface area contributed by atoms with Gasteiger partial charge in [-0.25, -0.2) is 9.78 Å². The lowest BCUT2D eigenvalue weighted by Crippen LogP contribution is -2.31. The maximum Gasteiger partial charge on any atom is 0.330 e. The van der Waals surface area contributed by atoms with E-state index in [0.29, 0.717) is 29.3 Å². The third-order valence-electron chi connectivity index (χ3n) is 5.54. The quantitative estimate of drug-likeness (QED) is 0.345. The Morgan fingerprint density at radius 1 is 1.21 bits per heavy atom. The van der Waals surface area contributed by atoms with Crippen LogP contribution in [0.5, 0.6) is 0 Å². The van der Waals surface area contributed by atoms with Crippen molar-refractivity contribution in [3.05, 3.63) is 56.0 Å². The number of hydrogen-bond acceptors (Lipinski definition) is 8. The van der Waals surface area contributed by atoms with E-state index in [1.807, 2.05) is 0 Å². The van der Waals surface area contributed by atoms with Crippen LogP contribution < -0.4 is 16.6 Å².